The quantitative estimate of drug-likeness (QED) is 0.855. The van der Waals surface area contributed by atoms with Crippen molar-refractivity contribution in [3.05, 3.63) is 40.4 Å². The molecule has 5 heteroatoms. The highest BCUT2D eigenvalue weighted by Gasteiger charge is 2.13. The van der Waals surface area contributed by atoms with Crippen molar-refractivity contribution in [1.82, 2.24) is 10.3 Å². The van der Waals surface area contributed by atoms with Crippen molar-refractivity contribution in [1.29, 1.82) is 0 Å². The van der Waals surface area contributed by atoms with Gasteiger partial charge in [-0.3, -0.25) is 0 Å². The SMILES string of the molecule is CCc1nc(-c2cc(F)cc(F)c2)sc1CNCC(C)C. The van der Waals surface area contributed by atoms with Crippen LogP contribution >= 0.6 is 11.3 Å². The van der Waals surface area contributed by atoms with E-state index in [0.29, 0.717) is 16.5 Å². The zero-order valence-corrected chi connectivity index (χ0v) is 13.4. The maximum Gasteiger partial charge on any atom is 0.126 e. The summed E-state index contributed by atoms with van der Waals surface area (Å²) < 4.78 is 26.6. The van der Waals surface area contributed by atoms with Gasteiger partial charge < -0.3 is 5.32 Å². The lowest BCUT2D eigenvalue weighted by Crippen LogP contribution is -2.18. The fourth-order valence-corrected chi connectivity index (χ4v) is 3.18. The molecule has 0 bridgehead atoms. The predicted molar refractivity (Wildman–Crippen MR) is 83.4 cm³/mol. The van der Waals surface area contributed by atoms with Gasteiger partial charge in [0.15, 0.2) is 0 Å². The van der Waals surface area contributed by atoms with Gasteiger partial charge in [0.1, 0.15) is 16.6 Å². The Labute approximate surface area is 128 Å². The Morgan fingerprint density at radius 1 is 1.19 bits per heavy atom. The summed E-state index contributed by atoms with van der Waals surface area (Å²) in [5, 5.41) is 4.06. The number of aryl methyl sites for hydroxylation is 1. The summed E-state index contributed by atoms with van der Waals surface area (Å²) in [6.07, 6.45) is 0.812. The predicted octanol–water partition coefficient (Wildman–Crippen LogP) is 4.40. The van der Waals surface area contributed by atoms with E-state index in [9.17, 15) is 8.78 Å². The molecule has 21 heavy (non-hydrogen) atoms. The molecule has 0 aliphatic heterocycles. The van der Waals surface area contributed by atoms with Crippen LogP contribution in [0.25, 0.3) is 10.6 Å². The second-order valence-electron chi connectivity index (χ2n) is 5.43. The molecule has 0 saturated heterocycles. The summed E-state index contributed by atoms with van der Waals surface area (Å²) in [5.74, 6) is -0.560. The Morgan fingerprint density at radius 2 is 1.86 bits per heavy atom. The summed E-state index contributed by atoms with van der Waals surface area (Å²) in [5.41, 5.74) is 1.50. The minimum atomic E-state index is -0.572. The van der Waals surface area contributed by atoms with E-state index in [4.69, 9.17) is 0 Å². The first kappa shape index (κ1) is 16.0. The first-order chi connectivity index (χ1) is 9.99. The van der Waals surface area contributed by atoms with Crippen LogP contribution in [-0.4, -0.2) is 11.5 Å². The number of nitrogens with one attached hydrogen (secondary N) is 1. The van der Waals surface area contributed by atoms with Crippen LogP contribution in [0.2, 0.25) is 0 Å². The van der Waals surface area contributed by atoms with E-state index in [2.05, 4.69) is 24.1 Å². The number of hydrogen-bond donors (Lipinski definition) is 1. The number of nitrogens with zero attached hydrogens (tertiary/aromatic N) is 1. The standard InChI is InChI=1S/C16H20F2N2S/c1-4-14-15(9-19-8-10(2)3)21-16(20-14)11-5-12(17)7-13(18)6-11/h5-7,10,19H,4,8-9H2,1-3H3. The molecule has 1 heterocycles. The van der Waals surface area contributed by atoms with Crippen molar-refractivity contribution < 1.29 is 8.78 Å². The Morgan fingerprint density at radius 3 is 2.43 bits per heavy atom. The van der Waals surface area contributed by atoms with Crippen molar-refractivity contribution in [2.45, 2.75) is 33.7 Å². The number of halogens is 2. The minimum absolute atomic E-state index is 0.502. The van der Waals surface area contributed by atoms with Crippen LogP contribution in [0.4, 0.5) is 8.78 Å². The Kier molecular flexibility index (Phi) is 5.42. The molecule has 2 rings (SSSR count). The highest BCUT2D eigenvalue weighted by Crippen LogP contribution is 2.29. The molecule has 2 nitrogen and oxygen atoms in total. The van der Waals surface area contributed by atoms with Gasteiger partial charge in [-0.05, 0) is 31.0 Å². The van der Waals surface area contributed by atoms with E-state index in [1.807, 2.05) is 6.92 Å². The second-order valence-corrected chi connectivity index (χ2v) is 6.51. The van der Waals surface area contributed by atoms with Crippen LogP contribution < -0.4 is 5.32 Å². The molecule has 114 valence electrons. The first-order valence-corrected chi connectivity index (χ1v) is 7.97. The Bertz CT molecular complexity index is 588. The van der Waals surface area contributed by atoms with Crippen LogP contribution in [0, 0.1) is 17.6 Å². The first-order valence-electron chi connectivity index (χ1n) is 7.15. The van der Waals surface area contributed by atoms with Gasteiger partial charge in [-0.2, -0.15) is 0 Å². The number of rotatable bonds is 6. The molecule has 0 aliphatic rings. The molecule has 0 radical (unpaired) electrons. The lowest BCUT2D eigenvalue weighted by Gasteiger charge is -2.06. The molecule has 0 aliphatic carbocycles. The van der Waals surface area contributed by atoms with Crippen molar-refractivity contribution >= 4 is 11.3 Å². The molecule has 1 aromatic carbocycles. The number of hydrogen-bond acceptors (Lipinski definition) is 3. The molecule has 0 unspecified atom stereocenters. The van der Waals surface area contributed by atoms with Gasteiger partial charge in [-0.1, -0.05) is 20.8 Å². The van der Waals surface area contributed by atoms with E-state index in [0.717, 1.165) is 36.1 Å². The van der Waals surface area contributed by atoms with Crippen LogP contribution in [0.3, 0.4) is 0 Å². The van der Waals surface area contributed by atoms with Crippen LogP contribution in [0.15, 0.2) is 18.2 Å². The normalized spacial score (nSPS) is 11.3. The third-order valence-corrected chi connectivity index (χ3v) is 4.21. The topological polar surface area (TPSA) is 24.9 Å². The summed E-state index contributed by atoms with van der Waals surface area (Å²) in [6, 6.07) is 3.53. The van der Waals surface area contributed by atoms with Crippen LogP contribution in [-0.2, 0) is 13.0 Å². The Hall–Kier alpha value is -1.33. The van der Waals surface area contributed by atoms with Crippen molar-refractivity contribution in [2.24, 2.45) is 5.92 Å². The maximum absolute atomic E-state index is 13.3. The van der Waals surface area contributed by atoms with E-state index in [1.54, 1.807) is 0 Å². The summed E-state index contributed by atoms with van der Waals surface area (Å²) in [4.78, 5) is 5.66. The molecule has 0 amide bonds. The van der Waals surface area contributed by atoms with Crippen molar-refractivity contribution in [3.8, 4) is 10.6 Å². The monoisotopic (exact) mass is 310 g/mol. The highest BCUT2D eigenvalue weighted by molar-refractivity contribution is 7.15. The Balaban J connectivity index is 2.23. The fourth-order valence-electron chi connectivity index (χ4n) is 2.07. The zero-order chi connectivity index (χ0) is 15.4. The van der Waals surface area contributed by atoms with Crippen LogP contribution in [0.5, 0.6) is 0 Å². The van der Waals surface area contributed by atoms with E-state index in [1.165, 1.54) is 23.5 Å². The molecular formula is C16H20F2N2S. The fraction of sp³-hybridized carbons (Fsp3) is 0.438. The molecule has 0 atom stereocenters. The maximum atomic E-state index is 13.3. The van der Waals surface area contributed by atoms with E-state index >= 15 is 0 Å². The zero-order valence-electron chi connectivity index (χ0n) is 12.5. The lowest BCUT2D eigenvalue weighted by molar-refractivity contribution is 0.553. The minimum Gasteiger partial charge on any atom is -0.312 e. The summed E-state index contributed by atoms with van der Waals surface area (Å²) >= 11 is 1.50. The van der Waals surface area contributed by atoms with Gasteiger partial charge in [0.05, 0.1) is 5.69 Å². The largest absolute Gasteiger partial charge is 0.312 e. The summed E-state index contributed by atoms with van der Waals surface area (Å²) in [7, 11) is 0. The second kappa shape index (κ2) is 7.09. The van der Waals surface area contributed by atoms with Gasteiger partial charge in [-0.15, -0.1) is 11.3 Å². The van der Waals surface area contributed by atoms with Crippen LogP contribution in [0.1, 0.15) is 31.3 Å². The number of aromatic nitrogens is 1. The van der Waals surface area contributed by atoms with Crippen molar-refractivity contribution in [3.63, 3.8) is 0 Å². The molecule has 1 N–H and O–H groups in total. The molecule has 1 aromatic heterocycles. The van der Waals surface area contributed by atoms with E-state index < -0.39 is 11.6 Å². The average Bonchev–Trinajstić information content (AvgIpc) is 2.80. The molecule has 0 saturated carbocycles. The molecule has 0 fully saturated rings. The van der Waals surface area contributed by atoms with Gasteiger partial charge in [-0.25, -0.2) is 13.8 Å². The van der Waals surface area contributed by atoms with Gasteiger partial charge in [0.25, 0.3) is 0 Å². The third kappa shape index (κ3) is 4.32. The summed E-state index contributed by atoms with van der Waals surface area (Å²) in [6.45, 7) is 8.03. The van der Waals surface area contributed by atoms with Gasteiger partial charge in [0, 0.05) is 23.1 Å². The third-order valence-electron chi connectivity index (χ3n) is 3.06. The van der Waals surface area contributed by atoms with Crippen molar-refractivity contribution in [2.75, 3.05) is 6.54 Å². The molecule has 2 aromatic rings. The van der Waals surface area contributed by atoms with Gasteiger partial charge in [0.2, 0.25) is 0 Å². The molecular weight excluding hydrogens is 290 g/mol. The smallest absolute Gasteiger partial charge is 0.126 e. The highest BCUT2D eigenvalue weighted by atomic mass is 32.1. The lowest BCUT2D eigenvalue weighted by atomic mass is 10.2. The molecule has 0 spiro atoms. The number of benzene rings is 1. The van der Waals surface area contributed by atoms with E-state index in [-0.39, 0.29) is 0 Å². The average molecular weight is 310 g/mol. The van der Waals surface area contributed by atoms with Gasteiger partial charge >= 0.3 is 0 Å². The number of thiazole rings is 1.